The standard InChI is InChI=1S/C18H17ClN4OS/c1-12-17(20-21-23(12)15-8-4-6-13(19)10-15)18(24)22(2)14-7-5-9-16(11-14)25-3/h4-11H,1-3H3. The van der Waals surface area contributed by atoms with Crippen LogP contribution < -0.4 is 4.90 Å². The second-order valence-electron chi connectivity index (χ2n) is 5.48. The van der Waals surface area contributed by atoms with E-state index in [-0.39, 0.29) is 5.91 Å². The third kappa shape index (κ3) is 3.55. The van der Waals surface area contributed by atoms with Crippen LogP contribution >= 0.6 is 23.4 Å². The molecule has 0 unspecified atom stereocenters. The smallest absolute Gasteiger partial charge is 0.280 e. The van der Waals surface area contributed by atoms with Crippen molar-refractivity contribution in [1.82, 2.24) is 15.0 Å². The van der Waals surface area contributed by atoms with E-state index in [9.17, 15) is 4.79 Å². The second kappa shape index (κ2) is 7.29. The van der Waals surface area contributed by atoms with Gasteiger partial charge in [-0.25, -0.2) is 4.68 Å². The van der Waals surface area contributed by atoms with Crippen LogP contribution in [0.3, 0.4) is 0 Å². The van der Waals surface area contributed by atoms with E-state index < -0.39 is 0 Å². The Morgan fingerprint density at radius 2 is 1.96 bits per heavy atom. The Morgan fingerprint density at radius 3 is 2.68 bits per heavy atom. The topological polar surface area (TPSA) is 51.0 Å². The average Bonchev–Trinajstić information content (AvgIpc) is 3.02. The summed E-state index contributed by atoms with van der Waals surface area (Å²) >= 11 is 7.67. The number of hydrogen-bond acceptors (Lipinski definition) is 4. The van der Waals surface area contributed by atoms with E-state index in [2.05, 4.69) is 10.3 Å². The van der Waals surface area contributed by atoms with Gasteiger partial charge in [-0.2, -0.15) is 0 Å². The fourth-order valence-electron chi connectivity index (χ4n) is 2.48. The van der Waals surface area contributed by atoms with E-state index in [4.69, 9.17) is 11.6 Å². The molecule has 2 aromatic carbocycles. The lowest BCUT2D eigenvalue weighted by molar-refractivity contribution is 0.0987. The number of benzene rings is 2. The summed E-state index contributed by atoms with van der Waals surface area (Å²) in [4.78, 5) is 15.5. The van der Waals surface area contributed by atoms with Crippen LogP contribution in [-0.2, 0) is 0 Å². The molecule has 0 saturated carbocycles. The van der Waals surface area contributed by atoms with Crippen molar-refractivity contribution in [1.29, 1.82) is 0 Å². The highest BCUT2D eigenvalue weighted by atomic mass is 35.5. The Morgan fingerprint density at radius 1 is 1.20 bits per heavy atom. The quantitative estimate of drug-likeness (QED) is 0.643. The van der Waals surface area contributed by atoms with Crippen molar-refractivity contribution in [3.63, 3.8) is 0 Å². The molecule has 128 valence electrons. The molecule has 0 fully saturated rings. The molecule has 0 saturated heterocycles. The van der Waals surface area contributed by atoms with Gasteiger partial charge in [0.2, 0.25) is 0 Å². The number of aromatic nitrogens is 3. The minimum atomic E-state index is -0.205. The van der Waals surface area contributed by atoms with Gasteiger partial charge in [0.1, 0.15) is 0 Å². The highest BCUT2D eigenvalue weighted by molar-refractivity contribution is 7.98. The SMILES string of the molecule is CSc1cccc(N(C)C(=O)c2nnn(-c3cccc(Cl)c3)c2C)c1. The summed E-state index contributed by atoms with van der Waals surface area (Å²) in [7, 11) is 1.74. The first-order valence-corrected chi connectivity index (χ1v) is 9.22. The Hall–Kier alpha value is -2.31. The maximum atomic E-state index is 12.9. The summed E-state index contributed by atoms with van der Waals surface area (Å²) in [5, 5.41) is 8.80. The number of carbonyl (C=O) groups is 1. The molecule has 0 aliphatic heterocycles. The zero-order valence-electron chi connectivity index (χ0n) is 14.1. The predicted molar refractivity (Wildman–Crippen MR) is 102 cm³/mol. The van der Waals surface area contributed by atoms with Crippen LogP contribution in [0.2, 0.25) is 5.02 Å². The molecule has 3 aromatic rings. The van der Waals surface area contributed by atoms with E-state index >= 15 is 0 Å². The third-order valence-electron chi connectivity index (χ3n) is 3.90. The molecule has 0 aliphatic rings. The molecule has 25 heavy (non-hydrogen) atoms. The summed E-state index contributed by atoms with van der Waals surface area (Å²) in [5.41, 5.74) is 2.56. The van der Waals surface area contributed by atoms with Crippen LogP contribution in [0.4, 0.5) is 5.69 Å². The molecular weight excluding hydrogens is 356 g/mol. The number of thioether (sulfide) groups is 1. The second-order valence-corrected chi connectivity index (χ2v) is 6.80. The number of hydrogen-bond donors (Lipinski definition) is 0. The minimum absolute atomic E-state index is 0.205. The highest BCUT2D eigenvalue weighted by Gasteiger charge is 2.22. The first-order valence-electron chi connectivity index (χ1n) is 7.61. The lowest BCUT2D eigenvalue weighted by Crippen LogP contribution is -2.27. The molecule has 3 rings (SSSR count). The van der Waals surface area contributed by atoms with Crippen molar-refractivity contribution in [2.45, 2.75) is 11.8 Å². The number of amides is 1. The Balaban J connectivity index is 1.92. The molecule has 1 amide bonds. The first kappa shape index (κ1) is 17.5. The monoisotopic (exact) mass is 372 g/mol. The van der Waals surface area contributed by atoms with E-state index in [0.717, 1.165) is 16.3 Å². The van der Waals surface area contributed by atoms with Crippen molar-refractivity contribution < 1.29 is 4.79 Å². The predicted octanol–water partition coefficient (Wildman–Crippen LogP) is 4.23. The van der Waals surface area contributed by atoms with Crippen LogP contribution in [0.25, 0.3) is 5.69 Å². The molecule has 1 heterocycles. The zero-order chi connectivity index (χ0) is 18.0. The lowest BCUT2D eigenvalue weighted by atomic mass is 10.2. The highest BCUT2D eigenvalue weighted by Crippen LogP contribution is 2.23. The number of anilines is 1. The van der Waals surface area contributed by atoms with Crippen molar-refractivity contribution >= 4 is 35.0 Å². The van der Waals surface area contributed by atoms with E-state index in [1.165, 1.54) is 0 Å². The van der Waals surface area contributed by atoms with Gasteiger partial charge in [0.05, 0.1) is 11.4 Å². The zero-order valence-corrected chi connectivity index (χ0v) is 15.7. The number of carbonyl (C=O) groups excluding carboxylic acids is 1. The van der Waals surface area contributed by atoms with Gasteiger partial charge in [-0.15, -0.1) is 16.9 Å². The Kier molecular flexibility index (Phi) is 5.11. The molecule has 1 aromatic heterocycles. The van der Waals surface area contributed by atoms with Crippen molar-refractivity contribution in [2.24, 2.45) is 0 Å². The van der Waals surface area contributed by atoms with Gasteiger partial charge in [0.25, 0.3) is 5.91 Å². The molecule has 0 spiro atoms. The summed E-state index contributed by atoms with van der Waals surface area (Å²) in [6.45, 7) is 1.82. The summed E-state index contributed by atoms with van der Waals surface area (Å²) in [6, 6.07) is 15.1. The summed E-state index contributed by atoms with van der Waals surface area (Å²) in [5.74, 6) is -0.205. The van der Waals surface area contributed by atoms with Gasteiger partial charge in [-0.1, -0.05) is 28.9 Å². The third-order valence-corrected chi connectivity index (χ3v) is 4.86. The fraction of sp³-hybridized carbons (Fsp3) is 0.167. The van der Waals surface area contributed by atoms with Crippen molar-refractivity contribution in [3.05, 3.63) is 64.9 Å². The van der Waals surface area contributed by atoms with Gasteiger partial charge < -0.3 is 4.90 Å². The van der Waals surface area contributed by atoms with Crippen LogP contribution in [0.5, 0.6) is 0 Å². The van der Waals surface area contributed by atoms with Gasteiger partial charge in [-0.3, -0.25) is 4.79 Å². The van der Waals surface area contributed by atoms with E-state index in [0.29, 0.717) is 16.4 Å². The maximum absolute atomic E-state index is 12.9. The van der Waals surface area contributed by atoms with Crippen molar-refractivity contribution in [2.75, 3.05) is 18.2 Å². The van der Waals surface area contributed by atoms with Crippen LogP contribution in [0, 0.1) is 6.92 Å². The molecule has 0 N–H and O–H groups in total. The maximum Gasteiger partial charge on any atom is 0.280 e. The van der Waals surface area contributed by atoms with Crippen LogP contribution in [0.15, 0.2) is 53.4 Å². The van der Waals surface area contributed by atoms with Crippen LogP contribution in [-0.4, -0.2) is 34.2 Å². The van der Waals surface area contributed by atoms with Gasteiger partial charge in [0, 0.05) is 22.7 Å². The molecule has 0 aliphatic carbocycles. The molecule has 0 radical (unpaired) electrons. The van der Waals surface area contributed by atoms with Crippen molar-refractivity contribution in [3.8, 4) is 5.69 Å². The van der Waals surface area contributed by atoms with Gasteiger partial charge in [-0.05, 0) is 49.6 Å². The first-order chi connectivity index (χ1) is 12.0. The van der Waals surface area contributed by atoms with Gasteiger partial charge in [0.15, 0.2) is 5.69 Å². The van der Waals surface area contributed by atoms with E-state index in [1.807, 2.05) is 49.6 Å². The Labute approximate surface area is 155 Å². The number of rotatable bonds is 4. The van der Waals surface area contributed by atoms with E-state index in [1.54, 1.807) is 40.5 Å². The normalized spacial score (nSPS) is 10.7. The molecule has 5 nitrogen and oxygen atoms in total. The Bertz CT molecular complexity index is 925. The van der Waals surface area contributed by atoms with Crippen LogP contribution in [0.1, 0.15) is 16.2 Å². The summed E-state index contributed by atoms with van der Waals surface area (Å²) in [6.07, 6.45) is 2.00. The molecule has 0 atom stereocenters. The fourth-order valence-corrected chi connectivity index (χ4v) is 3.11. The van der Waals surface area contributed by atoms with Gasteiger partial charge >= 0.3 is 0 Å². The number of nitrogens with zero attached hydrogens (tertiary/aromatic N) is 4. The lowest BCUT2D eigenvalue weighted by Gasteiger charge is -2.17. The number of halogens is 1. The summed E-state index contributed by atoms with van der Waals surface area (Å²) < 4.78 is 1.62. The minimum Gasteiger partial charge on any atom is -0.310 e. The average molecular weight is 373 g/mol. The largest absolute Gasteiger partial charge is 0.310 e. The molecule has 7 heteroatoms. The molecular formula is C18H17ClN4OS. The molecule has 0 bridgehead atoms.